The first kappa shape index (κ1) is 18.8. The van der Waals surface area contributed by atoms with Gasteiger partial charge in [-0.15, -0.1) is 0 Å². The fourth-order valence-corrected chi connectivity index (χ4v) is 2.51. The van der Waals surface area contributed by atoms with Gasteiger partial charge < -0.3 is 21.8 Å². The summed E-state index contributed by atoms with van der Waals surface area (Å²) >= 11 is 0. The van der Waals surface area contributed by atoms with Crippen LogP contribution in [0, 0.1) is 13.6 Å². The molecule has 5 heterocycles. The molecule has 0 bridgehead atoms. The fraction of sp³-hybridized carbons (Fsp3) is 0. The minimum Gasteiger partial charge on any atom is -0.358 e. The molecule has 0 saturated carbocycles. The van der Waals surface area contributed by atoms with Gasteiger partial charge in [-0.1, -0.05) is 5.39 Å². The molecule has 0 unspecified atom stereocenters. The van der Waals surface area contributed by atoms with Crippen LogP contribution in [0.5, 0.6) is 0 Å². The van der Waals surface area contributed by atoms with Gasteiger partial charge in [0, 0.05) is 77.1 Å². The molecule has 0 atom stereocenters. The molecule has 0 N–H and O–H groups in total. The Balaban J connectivity index is 0.000000694. The summed E-state index contributed by atoms with van der Waals surface area (Å²) in [5.74, 6) is 0. The summed E-state index contributed by atoms with van der Waals surface area (Å²) in [5, 5.41) is 0.684. The average molecular weight is 569 g/mol. The summed E-state index contributed by atoms with van der Waals surface area (Å²) in [5.41, 5.74) is 4.00. The van der Waals surface area contributed by atoms with Crippen LogP contribution >= 0.6 is 0 Å². The van der Waals surface area contributed by atoms with Gasteiger partial charge in [-0.05, 0) is 6.20 Å². The molecule has 5 rings (SSSR count). The van der Waals surface area contributed by atoms with Crippen LogP contribution in [0.2, 0.25) is 0 Å². The van der Waals surface area contributed by atoms with Gasteiger partial charge in [0.1, 0.15) is 6.33 Å². The second-order valence-corrected chi connectivity index (χ2v) is 4.44. The molecule has 10 heteroatoms. The first-order valence-electron chi connectivity index (χ1n) is 6.17. The quantitative estimate of drug-likeness (QED) is 0.206. The molecule has 0 saturated heterocycles. The first-order chi connectivity index (χ1) is 10.4. The molecule has 5 aromatic heterocycles. The summed E-state index contributed by atoms with van der Waals surface area (Å²) in [6, 6.07) is 0. The van der Waals surface area contributed by atoms with Gasteiger partial charge in [0.05, 0.1) is 22.9 Å². The van der Waals surface area contributed by atoms with E-state index in [1.54, 1.807) is 18.6 Å². The van der Waals surface area contributed by atoms with E-state index in [1.165, 1.54) is 12.7 Å². The van der Waals surface area contributed by atoms with E-state index < -0.39 is 0 Å². The van der Waals surface area contributed by atoms with Crippen molar-refractivity contribution in [3.63, 3.8) is 0 Å². The summed E-state index contributed by atoms with van der Waals surface area (Å²) in [6.45, 7) is 0. The van der Waals surface area contributed by atoms with Crippen molar-refractivity contribution in [2.24, 2.45) is 0 Å². The minimum atomic E-state index is 0. The molecule has 118 valence electrons. The number of nitrogens with zero attached hydrogens (tertiary/aromatic N) is 8. The predicted molar refractivity (Wildman–Crippen MR) is 79.7 cm³/mol. The normalized spacial score (nSPS) is 10.3. The molecule has 0 aliphatic rings. The Labute approximate surface area is 174 Å². The van der Waals surface area contributed by atoms with Crippen molar-refractivity contribution in [3.05, 3.63) is 44.9 Å². The smallest absolute Gasteiger partial charge is 0.188 e. The largest absolute Gasteiger partial charge is 0.358 e. The molecular formula is C14H8IrN8Y-2. The van der Waals surface area contributed by atoms with Crippen LogP contribution < -0.4 is 0 Å². The van der Waals surface area contributed by atoms with E-state index in [9.17, 15) is 0 Å². The number of fused-ring (bicyclic) bond motifs is 8. The van der Waals surface area contributed by atoms with Gasteiger partial charge in [-0.25, -0.2) is 19.9 Å². The summed E-state index contributed by atoms with van der Waals surface area (Å²) in [6.07, 6.45) is 10.8. The Bertz CT molecular complexity index is 1160. The Morgan fingerprint density at radius 3 is 2.58 bits per heavy atom. The van der Waals surface area contributed by atoms with Gasteiger partial charge in [0.2, 0.25) is 0 Å². The molecule has 0 aromatic carbocycles. The number of hydrogen-bond acceptors (Lipinski definition) is 7. The van der Waals surface area contributed by atoms with Gasteiger partial charge in [0.25, 0.3) is 0 Å². The third-order valence-corrected chi connectivity index (χ3v) is 3.34. The van der Waals surface area contributed by atoms with Crippen LogP contribution in [0.4, 0.5) is 0 Å². The molecule has 0 aliphatic carbocycles. The summed E-state index contributed by atoms with van der Waals surface area (Å²) < 4.78 is 1.86. The molecule has 8 nitrogen and oxygen atoms in total. The van der Waals surface area contributed by atoms with Gasteiger partial charge in [-0.3, -0.25) is 4.98 Å². The number of rotatable bonds is 0. The molecule has 0 amide bonds. The van der Waals surface area contributed by atoms with E-state index in [1.807, 2.05) is 4.40 Å². The van der Waals surface area contributed by atoms with E-state index in [0.29, 0.717) is 33.4 Å². The van der Waals surface area contributed by atoms with Crippen molar-refractivity contribution in [3.8, 4) is 0 Å². The second-order valence-electron chi connectivity index (χ2n) is 4.44. The van der Waals surface area contributed by atoms with Gasteiger partial charge in [-0.2, -0.15) is 0 Å². The third kappa shape index (κ3) is 2.52. The number of imidazole rings is 1. The molecular weight excluding hydrogens is 561 g/mol. The van der Waals surface area contributed by atoms with Crippen molar-refractivity contribution >= 4 is 38.9 Å². The Kier molecular flexibility index (Phi) is 5.60. The van der Waals surface area contributed by atoms with E-state index in [2.05, 4.69) is 41.1 Å². The Hall–Kier alpha value is -1.54. The first-order valence-corrected chi connectivity index (χ1v) is 6.17. The maximum Gasteiger partial charge on any atom is 0.188 e. The molecule has 0 fully saturated rings. The van der Waals surface area contributed by atoms with Crippen LogP contribution in [0.25, 0.3) is 38.9 Å². The van der Waals surface area contributed by atoms with Crippen LogP contribution in [0.15, 0.2) is 31.2 Å². The fourth-order valence-electron chi connectivity index (χ4n) is 2.51. The van der Waals surface area contributed by atoms with E-state index >= 15 is 0 Å². The predicted octanol–water partition coefficient (Wildman–Crippen LogP) is 1.41. The van der Waals surface area contributed by atoms with E-state index in [-0.39, 0.29) is 60.2 Å². The maximum atomic E-state index is 4.52. The average Bonchev–Trinajstić information content (AvgIpc) is 2.95. The monoisotopic (exact) mass is 570 g/mol. The van der Waals surface area contributed by atoms with Gasteiger partial charge >= 0.3 is 0 Å². The number of aromatic nitrogens is 8. The number of hydrogen-bond donors (Lipinski definition) is 0. The van der Waals surface area contributed by atoms with Crippen molar-refractivity contribution in [1.29, 1.82) is 0 Å². The summed E-state index contributed by atoms with van der Waals surface area (Å²) in [7, 11) is 0. The number of pyridine rings is 1. The summed E-state index contributed by atoms with van der Waals surface area (Å²) in [4.78, 5) is 29.8. The zero-order valence-electron chi connectivity index (χ0n) is 12.4. The van der Waals surface area contributed by atoms with Crippen molar-refractivity contribution in [2.45, 2.75) is 0 Å². The van der Waals surface area contributed by atoms with Crippen molar-refractivity contribution < 1.29 is 52.8 Å². The van der Waals surface area contributed by atoms with Crippen LogP contribution in [-0.4, -0.2) is 39.3 Å². The molecule has 5 aromatic rings. The maximum absolute atomic E-state index is 4.52. The van der Waals surface area contributed by atoms with Crippen molar-refractivity contribution in [2.75, 3.05) is 0 Å². The second kappa shape index (κ2) is 7.15. The van der Waals surface area contributed by atoms with E-state index in [0.717, 1.165) is 5.52 Å². The van der Waals surface area contributed by atoms with Crippen molar-refractivity contribution in [1.82, 2.24) is 39.3 Å². The van der Waals surface area contributed by atoms with Gasteiger partial charge in [0.15, 0.2) is 11.3 Å². The molecule has 0 spiro atoms. The van der Waals surface area contributed by atoms with Crippen LogP contribution in [0.1, 0.15) is 0 Å². The molecule has 2 radical (unpaired) electrons. The third-order valence-electron chi connectivity index (χ3n) is 3.34. The van der Waals surface area contributed by atoms with E-state index in [4.69, 9.17) is 0 Å². The topological polar surface area (TPSA) is 94.6 Å². The SMILES string of the molecule is [CH3-].[Ir].[Y].[c-]1ncnc2c1c1nc3nccnc3n1c1cncnc21. The Morgan fingerprint density at radius 2 is 1.71 bits per heavy atom. The minimum absolute atomic E-state index is 0. The standard InChI is InChI=1S/C13H5N8.CH3.Ir.Y/c1-2-17-13-11(16-1)20-12-7-3-14-5-18-9(7)10-8(21(12)13)4-15-6-19-10;;;/h1-2,4-6H;1H3;;/q2*-1;;. The Morgan fingerprint density at radius 1 is 0.917 bits per heavy atom. The molecule has 0 aliphatic heterocycles. The molecule has 24 heavy (non-hydrogen) atoms. The zero-order valence-corrected chi connectivity index (χ0v) is 17.6. The van der Waals surface area contributed by atoms with Crippen LogP contribution in [0.3, 0.4) is 0 Å². The zero-order chi connectivity index (χ0) is 13.8. The van der Waals surface area contributed by atoms with Crippen LogP contribution in [-0.2, 0) is 52.8 Å².